The summed E-state index contributed by atoms with van der Waals surface area (Å²) in [6.45, 7) is 4.63. The van der Waals surface area contributed by atoms with Crippen LogP contribution in [0, 0.1) is 0 Å². The second kappa shape index (κ2) is 7.76. The Kier molecular flexibility index (Phi) is 8.66. The van der Waals surface area contributed by atoms with Crippen molar-refractivity contribution in [2.24, 2.45) is 0 Å². The Morgan fingerprint density at radius 1 is 1.00 bits per heavy atom. The van der Waals surface area contributed by atoms with E-state index in [-0.39, 0.29) is 0 Å². The molecule has 0 saturated carbocycles. The van der Waals surface area contributed by atoms with Crippen molar-refractivity contribution in [2.75, 3.05) is 23.8 Å². The van der Waals surface area contributed by atoms with Gasteiger partial charge in [-0.3, -0.25) is 0 Å². The summed E-state index contributed by atoms with van der Waals surface area (Å²) in [4.78, 5) is 0. The van der Waals surface area contributed by atoms with Crippen LogP contribution in [0.25, 0.3) is 0 Å². The third-order valence-electron chi connectivity index (χ3n) is 2.33. The molecule has 0 amide bonds. The Morgan fingerprint density at radius 2 is 1.58 bits per heavy atom. The summed E-state index contributed by atoms with van der Waals surface area (Å²) in [5.74, 6) is -0.674. The summed E-state index contributed by atoms with van der Waals surface area (Å²) in [5, 5.41) is 1.17. The lowest BCUT2D eigenvalue weighted by atomic mass is 10.3. The number of rotatable bonds is 7. The molecular weight excluding hydrogens is 299 g/mol. The molecule has 0 bridgehead atoms. The van der Waals surface area contributed by atoms with E-state index in [1.54, 1.807) is 0 Å². The largest absolute Gasteiger partial charge is 0.138 e. The van der Waals surface area contributed by atoms with E-state index >= 15 is 0 Å². The summed E-state index contributed by atoms with van der Waals surface area (Å²) in [7, 11) is 0. The predicted octanol–water partition coefficient (Wildman–Crippen LogP) is 4.92. The third-order valence-corrected chi connectivity index (χ3v) is 10.3. The minimum Gasteiger partial charge on any atom is -0.0928 e. The quantitative estimate of drug-likeness (QED) is 0.355. The van der Waals surface area contributed by atoms with E-state index in [0.29, 0.717) is 0 Å². The molecule has 74 valence electrons. The average molecular weight is 319 g/mol. The Labute approximate surface area is 94.1 Å². The molecule has 0 heterocycles. The van der Waals surface area contributed by atoms with Gasteiger partial charge >= 0.3 is 0 Å². The molecule has 0 aliphatic heterocycles. The molecule has 3 heteroatoms. The Morgan fingerprint density at radius 3 is 2.00 bits per heavy atom. The van der Waals surface area contributed by atoms with Gasteiger partial charge in [0.2, 0.25) is 0 Å². The van der Waals surface area contributed by atoms with Crippen molar-refractivity contribution in [1.82, 2.24) is 0 Å². The summed E-state index contributed by atoms with van der Waals surface area (Å²) >= 11 is 7.40. The van der Waals surface area contributed by atoms with Crippen LogP contribution >= 0.6 is 37.4 Å². The minimum absolute atomic E-state index is 0.674. The van der Waals surface area contributed by atoms with Crippen molar-refractivity contribution < 1.29 is 0 Å². The molecule has 0 atom stereocenters. The van der Waals surface area contributed by atoms with Gasteiger partial charge in [-0.05, 0) is 33.1 Å². The monoisotopic (exact) mass is 317 g/mol. The lowest BCUT2D eigenvalue weighted by Gasteiger charge is -2.15. The standard InChI is InChI=1S/C9H20Br2P/c1-3-12(11,4-2)9-7-5-6-8-10/h3-9H2,1-2H3/q+1. The molecule has 0 aliphatic carbocycles. The second-order valence-corrected chi connectivity index (χ2v) is 12.2. The van der Waals surface area contributed by atoms with Gasteiger partial charge in [-0.1, -0.05) is 15.9 Å². The molecule has 0 aromatic heterocycles. The first-order valence-corrected chi connectivity index (χ1v) is 10.3. The van der Waals surface area contributed by atoms with Crippen LogP contribution in [0.2, 0.25) is 0 Å². The van der Waals surface area contributed by atoms with Crippen molar-refractivity contribution in [3.05, 3.63) is 0 Å². The molecule has 0 aromatic rings. The Hall–Kier alpha value is 1.39. The fraction of sp³-hybridized carbons (Fsp3) is 1.00. The fourth-order valence-corrected chi connectivity index (χ4v) is 4.23. The average Bonchev–Trinajstić information content (AvgIpc) is 2.12. The van der Waals surface area contributed by atoms with Gasteiger partial charge in [-0.2, -0.15) is 0 Å². The topological polar surface area (TPSA) is 0 Å². The van der Waals surface area contributed by atoms with E-state index in [9.17, 15) is 0 Å². The minimum atomic E-state index is -0.674. The lowest BCUT2D eigenvalue weighted by Crippen LogP contribution is -1.97. The molecule has 0 rings (SSSR count). The molecule has 0 radical (unpaired) electrons. The molecule has 0 N–H and O–H groups in total. The summed E-state index contributed by atoms with van der Waals surface area (Å²) in [6, 6.07) is 0. The molecule has 0 spiro atoms. The van der Waals surface area contributed by atoms with Gasteiger partial charge in [0.05, 0.1) is 24.5 Å². The van der Waals surface area contributed by atoms with Crippen molar-refractivity contribution in [3.63, 3.8) is 0 Å². The van der Waals surface area contributed by atoms with E-state index in [1.165, 1.54) is 43.1 Å². The van der Waals surface area contributed by atoms with Crippen molar-refractivity contribution in [3.8, 4) is 0 Å². The van der Waals surface area contributed by atoms with E-state index < -0.39 is 5.96 Å². The normalized spacial score (nSPS) is 12.0. The maximum Gasteiger partial charge on any atom is 0.138 e. The van der Waals surface area contributed by atoms with Gasteiger partial charge in [0.25, 0.3) is 0 Å². The SMILES string of the molecule is CC[P+](Br)(CC)CCCCCBr. The molecule has 0 aliphatic rings. The Balaban J connectivity index is 3.45. The van der Waals surface area contributed by atoms with Crippen LogP contribution in [0.1, 0.15) is 33.1 Å². The van der Waals surface area contributed by atoms with E-state index in [4.69, 9.17) is 0 Å². The van der Waals surface area contributed by atoms with Crippen LogP contribution in [0.3, 0.4) is 0 Å². The number of halogens is 2. The van der Waals surface area contributed by atoms with Gasteiger partial charge in [0.1, 0.15) is 15.5 Å². The van der Waals surface area contributed by atoms with Crippen LogP contribution in [-0.4, -0.2) is 23.8 Å². The van der Waals surface area contributed by atoms with Crippen LogP contribution in [-0.2, 0) is 0 Å². The first-order valence-electron chi connectivity index (χ1n) is 4.80. The second-order valence-electron chi connectivity index (χ2n) is 3.14. The first-order chi connectivity index (χ1) is 5.68. The van der Waals surface area contributed by atoms with Crippen LogP contribution in [0.5, 0.6) is 0 Å². The van der Waals surface area contributed by atoms with Crippen molar-refractivity contribution >= 4 is 37.4 Å². The highest BCUT2D eigenvalue weighted by molar-refractivity contribution is 9.42. The van der Waals surface area contributed by atoms with Gasteiger partial charge in [0.15, 0.2) is 0 Å². The lowest BCUT2D eigenvalue weighted by molar-refractivity contribution is 0.784. The molecule has 0 fully saturated rings. The molecule has 0 unspecified atom stereocenters. The van der Waals surface area contributed by atoms with Crippen LogP contribution < -0.4 is 0 Å². The number of unbranched alkanes of at least 4 members (excludes halogenated alkanes) is 2. The maximum atomic E-state index is 3.93. The molecule has 12 heavy (non-hydrogen) atoms. The van der Waals surface area contributed by atoms with Gasteiger partial charge < -0.3 is 0 Å². The van der Waals surface area contributed by atoms with Gasteiger partial charge in [-0.15, -0.1) is 0 Å². The summed E-state index contributed by atoms with van der Waals surface area (Å²) in [6.07, 6.45) is 8.29. The third kappa shape index (κ3) is 5.94. The molecular formula is C9H20Br2P+. The summed E-state index contributed by atoms with van der Waals surface area (Å²) < 4.78 is 0. The zero-order valence-corrected chi connectivity index (χ0v) is 12.2. The van der Waals surface area contributed by atoms with Crippen molar-refractivity contribution in [1.29, 1.82) is 0 Å². The van der Waals surface area contributed by atoms with E-state index in [2.05, 4.69) is 45.3 Å². The predicted molar refractivity (Wildman–Crippen MR) is 69.4 cm³/mol. The zero-order valence-electron chi connectivity index (χ0n) is 8.15. The maximum absolute atomic E-state index is 3.93. The fourth-order valence-electron chi connectivity index (χ4n) is 1.21. The highest BCUT2D eigenvalue weighted by Gasteiger charge is 2.29. The van der Waals surface area contributed by atoms with Crippen LogP contribution in [0.4, 0.5) is 0 Å². The summed E-state index contributed by atoms with van der Waals surface area (Å²) in [5.41, 5.74) is 0. The molecule has 0 nitrogen and oxygen atoms in total. The van der Waals surface area contributed by atoms with E-state index in [0.717, 1.165) is 0 Å². The van der Waals surface area contributed by atoms with Crippen molar-refractivity contribution in [2.45, 2.75) is 33.1 Å². The van der Waals surface area contributed by atoms with Gasteiger partial charge in [0, 0.05) is 5.33 Å². The molecule has 0 saturated heterocycles. The zero-order chi connectivity index (χ0) is 9.45. The highest BCUT2D eigenvalue weighted by atomic mass is 79.9. The number of hydrogen-bond donors (Lipinski definition) is 0. The smallest absolute Gasteiger partial charge is 0.0928 e. The Bertz CT molecular complexity index is 103. The van der Waals surface area contributed by atoms with Gasteiger partial charge in [-0.25, -0.2) is 0 Å². The number of alkyl halides is 1. The first kappa shape index (κ1) is 13.4. The van der Waals surface area contributed by atoms with E-state index in [1.807, 2.05) is 0 Å². The highest BCUT2D eigenvalue weighted by Crippen LogP contribution is 2.66. The number of hydrogen-bond acceptors (Lipinski definition) is 0. The molecule has 0 aromatic carbocycles. The van der Waals surface area contributed by atoms with Crippen LogP contribution in [0.15, 0.2) is 0 Å².